The van der Waals surface area contributed by atoms with Gasteiger partial charge in [-0.3, -0.25) is 9.89 Å². The number of nitrogens with one attached hydrogen (secondary N) is 3. The first-order chi connectivity index (χ1) is 15.9. The molecule has 3 N–H and O–H groups in total. The summed E-state index contributed by atoms with van der Waals surface area (Å²) < 4.78 is 5.80. The van der Waals surface area contributed by atoms with E-state index in [4.69, 9.17) is 14.7 Å². The monoisotopic (exact) mass is 467 g/mol. The summed E-state index contributed by atoms with van der Waals surface area (Å²) >= 11 is 1.46. The van der Waals surface area contributed by atoms with Crippen molar-refractivity contribution in [1.29, 1.82) is 0 Å². The van der Waals surface area contributed by atoms with Gasteiger partial charge in [0.1, 0.15) is 0 Å². The van der Waals surface area contributed by atoms with Gasteiger partial charge in [0.2, 0.25) is 11.7 Å². The molecule has 1 saturated heterocycles. The maximum atomic E-state index is 11.3. The van der Waals surface area contributed by atoms with Crippen molar-refractivity contribution in [2.24, 2.45) is 0 Å². The Balaban J connectivity index is 1.70. The summed E-state index contributed by atoms with van der Waals surface area (Å²) in [5.41, 5.74) is 1.70. The number of carbonyl (C=O) groups excluding carboxylic acids is 1. The minimum atomic E-state index is -0.0986. The molecule has 0 spiro atoms. The van der Waals surface area contributed by atoms with Crippen LogP contribution < -0.4 is 20.3 Å². The van der Waals surface area contributed by atoms with Crippen LogP contribution in [0.4, 0.5) is 23.1 Å². The zero-order valence-electron chi connectivity index (χ0n) is 19.3. The van der Waals surface area contributed by atoms with E-state index >= 15 is 0 Å². The van der Waals surface area contributed by atoms with Gasteiger partial charge in [0, 0.05) is 41.9 Å². The number of ether oxygens (including phenoxy) is 1. The molecule has 1 atom stereocenters. The first kappa shape index (κ1) is 22.9. The van der Waals surface area contributed by atoms with Crippen LogP contribution in [0.2, 0.25) is 0 Å². The number of H-pyrrole nitrogens is 1. The number of rotatable bonds is 7. The molecule has 1 aliphatic heterocycles. The number of hydrogen-bond donors (Lipinski definition) is 3. The molecule has 0 bridgehead atoms. The number of aryl methyl sites for hydroxylation is 1. The van der Waals surface area contributed by atoms with Gasteiger partial charge < -0.3 is 20.3 Å². The lowest BCUT2D eigenvalue weighted by molar-refractivity contribution is -0.114. The Kier molecular flexibility index (Phi) is 7.02. The Morgan fingerprint density at radius 2 is 2.03 bits per heavy atom. The second-order valence-corrected chi connectivity index (χ2v) is 9.16. The molecular formula is C23H29N7O2S. The van der Waals surface area contributed by atoms with Gasteiger partial charge >= 0.3 is 0 Å². The molecule has 10 heteroatoms. The van der Waals surface area contributed by atoms with Crippen molar-refractivity contribution in [2.75, 3.05) is 29.2 Å². The van der Waals surface area contributed by atoms with Crippen molar-refractivity contribution < 1.29 is 9.53 Å². The molecule has 1 amide bonds. The fourth-order valence-corrected chi connectivity index (χ4v) is 4.61. The van der Waals surface area contributed by atoms with Gasteiger partial charge in [0.25, 0.3) is 0 Å². The Morgan fingerprint density at radius 3 is 2.67 bits per heavy atom. The molecule has 1 aromatic carbocycles. The van der Waals surface area contributed by atoms with E-state index in [2.05, 4.69) is 32.7 Å². The molecule has 0 saturated carbocycles. The number of aromatic nitrogens is 4. The molecule has 33 heavy (non-hydrogen) atoms. The largest absolute Gasteiger partial charge is 0.490 e. The van der Waals surface area contributed by atoms with Crippen LogP contribution in [0.5, 0.6) is 5.75 Å². The fourth-order valence-electron chi connectivity index (χ4n) is 3.86. The van der Waals surface area contributed by atoms with E-state index in [0.717, 1.165) is 41.5 Å². The van der Waals surface area contributed by atoms with Gasteiger partial charge in [0.15, 0.2) is 22.6 Å². The Hall–Kier alpha value is -3.27. The molecule has 4 rings (SSSR count). The lowest BCUT2D eigenvalue weighted by Crippen LogP contribution is -2.38. The molecule has 0 aliphatic carbocycles. The van der Waals surface area contributed by atoms with Gasteiger partial charge in [-0.25, -0.2) is 9.97 Å². The first-order valence-electron chi connectivity index (χ1n) is 11.0. The second kappa shape index (κ2) is 10.1. The third kappa shape index (κ3) is 5.57. The van der Waals surface area contributed by atoms with Crippen LogP contribution in [0.25, 0.3) is 0 Å². The summed E-state index contributed by atoms with van der Waals surface area (Å²) in [6.45, 7) is 6.58. The Labute approximate surface area is 197 Å². The maximum absolute atomic E-state index is 11.3. The van der Waals surface area contributed by atoms with E-state index < -0.39 is 0 Å². The minimum absolute atomic E-state index is 0.0986. The SMILES string of the molecule is COc1c(Nc2cc(C)[nH]n2)nc(Sc2ccc(NC(C)=O)cc2)nc1N1CCCCC1C. The van der Waals surface area contributed by atoms with E-state index in [1.807, 2.05) is 37.3 Å². The number of methoxy groups -OCH3 is 1. The van der Waals surface area contributed by atoms with Crippen molar-refractivity contribution in [1.82, 2.24) is 20.2 Å². The van der Waals surface area contributed by atoms with Crippen LogP contribution in [0.15, 0.2) is 40.4 Å². The van der Waals surface area contributed by atoms with Gasteiger partial charge in [0.05, 0.1) is 7.11 Å². The summed E-state index contributed by atoms with van der Waals surface area (Å²) in [5, 5.41) is 13.9. The molecule has 0 radical (unpaired) electrons. The van der Waals surface area contributed by atoms with Crippen LogP contribution >= 0.6 is 11.8 Å². The molecular weight excluding hydrogens is 438 g/mol. The van der Waals surface area contributed by atoms with Crippen LogP contribution in [-0.4, -0.2) is 45.8 Å². The third-order valence-electron chi connectivity index (χ3n) is 5.44. The smallest absolute Gasteiger partial charge is 0.221 e. The van der Waals surface area contributed by atoms with Gasteiger partial charge in [-0.05, 0) is 69.1 Å². The molecule has 1 aliphatic rings. The molecule has 2 aromatic heterocycles. The zero-order valence-corrected chi connectivity index (χ0v) is 20.1. The summed E-state index contributed by atoms with van der Waals surface area (Å²) in [4.78, 5) is 24.2. The minimum Gasteiger partial charge on any atom is -0.490 e. The highest BCUT2D eigenvalue weighted by molar-refractivity contribution is 7.99. The van der Waals surface area contributed by atoms with Gasteiger partial charge in [-0.2, -0.15) is 5.10 Å². The summed E-state index contributed by atoms with van der Waals surface area (Å²) in [6, 6.07) is 9.89. The number of aromatic amines is 1. The van der Waals surface area contributed by atoms with Crippen molar-refractivity contribution in [3.8, 4) is 5.75 Å². The lowest BCUT2D eigenvalue weighted by atomic mass is 10.0. The molecule has 3 aromatic rings. The summed E-state index contributed by atoms with van der Waals surface area (Å²) in [6.07, 6.45) is 3.44. The molecule has 1 fully saturated rings. The average Bonchev–Trinajstić information content (AvgIpc) is 3.19. The molecule has 9 nitrogen and oxygen atoms in total. The van der Waals surface area contributed by atoms with E-state index in [1.165, 1.54) is 25.1 Å². The number of nitrogens with zero attached hydrogens (tertiary/aromatic N) is 4. The molecule has 1 unspecified atom stereocenters. The number of carbonyl (C=O) groups is 1. The Morgan fingerprint density at radius 1 is 1.24 bits per heavy atom. The number of anilines is 4. The first-order valence-corrected chi connectivity index (χ1v) is 11.8. The third-order valence-corrected chi connectivity index (χ3v) is 6.32. The number of hydrogen-bond acceptors (Lipinski definition) is 8. The topological polar surface area (TPSA) is 108 Å². The summed E-state index contributed by atoms with van der Waals surface area (Å²) in [7, 11) is 1.64. The van der Waals surface area contributed by atoms with Crippen LogP contribution in [0.3, 0.4) is 0 Å². The van der Waals surface area contributed by atoms with E-state index in [9.17, 15) is 4.79 Å². The predicted octanol–water partition coefficient (Wildman–Crippen LogP) is 4.75. The lowest BCUT2D eigenvalue weighted by Gasteiger charge is -2.35. The van der Waals surface area contributed by atoms with Gasteiger partial charge in [-0.1, -0.05) is 0 Å². The van der Waals surface area contributed by atoms with Crippen LogP contribution in [-0.2, 0) is 4.79 Å². The standard InChI is InChI=1S/C23H29N7O2S/c1-14-13-19(29-28-14)25-21-20(32-4)22(30-12-6-5-7-15(30)2)27-23(26-21)33-18-10-8-17(9-11-18)24-16(3)31/h8-11,13,15H,5-7,12H2,1-4H3,(H,24,31)(H2,25,26,27,28,29). The number of benzene rings is 1. The summed E-state index contributed by atoms with van der Waals surface area (Å²) in [5.74, 6) is 2.53. The highest BCUT2D eigenvalue weighted by Gasteiger charge is 2.27. The van der Waals surface area contributed by atoms with Crippen molar-refractivity contribution in [3.63, 3.8) is 0 Å². The normalized spacial score (nSPS) is 15.9. The maximum Gasteiger partial charge on any atom is 0.221 e. The fraction of sp³-hybridized carbons (Fsp3) is 0.391. The van der Waals surface area contributed by atoms with Crippen molar-refractivity contribution in [3.05, 3.63) is 36.0 Å². The Bertz CT molecular complexity index is 1120. The van der Waals surface area contributed by atoms with Crippen LogP contribution in [0, 0.1) is 6.92 Å². The number of amides is 1. The average molecular weight is 468 g/mol. The molecule has 3 heterocycles. The van der Waals surface area contributed by atoms with E-state index in [-0.39, 0.29) is 5.91 Å². The predicted molar refractivity (Wildman–Crippen MR) is 131 cm³/mol. The highest BCUT2D eigenvalue weighted by atomic mass is 32.2. The van der Waals surface area contributed by atoms with Crippen molar-refractivity contribution in [2.45, 2.75) is 56.1 Å². The van der Waals surface area contributed by atoms with Crippen molar-refractivity contribution >= 4 is 40.8 Å². The van der Waals surface area contributed by atoms with E-state index in [0.29, 0.717) is 28.6 Å². The number of piperidine rings is 1. The van der Waals surface area contributed by atoms with Gasteiger partial charge in [-0.15, -0.1) is 0 Å². The van der Waals surface area contributed by atoms with E-state index in [1.54, 1.807) is 7.11 Å². The second-order valence-electron chi connectivity index (χ2n) is 8.12. The molecule has 174 valence electrons. The quantitative estimate of drug-likeness (QED) is 0.427. The zero-order chi connectivity index (χ0) is 23.4. The highest BCUT2D eigenvalue weighted by Crippen LogP contribution is 2.40. The van der Waals surface area contributed by atoms with Crippen LogP contribution in [0.1, 0.15) is 38.8 Å².